The molecule has 0 saturated heterocycles. The van der Waals surface area contributed by atoms with Gasteiger partial charge in [0.15, 0.2) is 5.82 Å². The van der Waals surface area contributed by atoms with E-state index in [0.717, 1.165) is 33.6 Å². The van der Waals surface area contributed by atoms with Gasteiger partial charge in [-0.3, -0.25) is 0 Å². The normalized spacial score (nSPS) is 14.8. The van der Waals surface area contributed by atoms with E-state index in [1.54, 1.807) is 10.9 Å². The molecular weight excluding hydrogens is 343 g/mol. The first-order valence-corrected chi connectivity index (χ1v) is 6.82. The summed E-state index contributed by atoms with van der Waals surface area (Å²) < 4.78 is 2.84. The number of hydrogen-bond donors (Lipinski definition) is 2. The van der Waals surface area contributed by atoms with Crippen molar-refractivity contribution in [1.82, 2.24) is 19.7 Å². The number of nitrogens with one attached hydrogen (secondary N) is 1. The lowest BCUT2D eigenvalue weighted by Gasteiger charge is -2.11. The monoisotopic (exact) mass is 356 g/mol. The van der Waals surface area contributed by atoms with Crippen molar-refractivity contribution in [3.8, 4) is 5.82 Å². The summed E-state index contributed by atoms with van der Waals surface area (Å²) in [5.74, 6) is 8.32. The van der Waals surface area contributed by atoms with Gasteiger partial charge in [0.05, 0.1) is 9.77 Å². The Balaban J connectivity index is 2.14. The second kappa shape index (κ2) is 4.47. The van der Waals surface area contributed by atoms with Crippen LogP contribution in [0.15, 0.2) is 12.4 Å². The van der Waals surface area contributed by atoms with Crippen LogP contribution in [0, 0.1) is 10.5 Å². The van der Waals surface area contributed by atoms with Crippen molar-refractivity contribution in [1.29, 1.82) is 0 Å². The standard InChI is InChI=1S/C11H13IN6/c1-6-9(17-13)15-10(7-2-3-7)16-11(6)18-5-8(12)4-14-18/h4-5,7H,2-3,13H2,1H3,(H,15,16,17). The molecule has 1 aliphatic carbocycles. The molecular formula is C11H13IN6. The molecule has 0 aromatic carbocycles. The summed E-state index contributed by atoms with van der Waals surface area (Å²) >= 11 is 2.22. The summed E-state index contributed by atoms with van der Waals surface area (Å²) in [5, 5.41) is 4.29. The SMILES string of the molecule is Cc1c(NN)nc(C2CC2)nc1-n1cc(I)cn1. The molecule has 2 aromatic rings. The van der Waals surface area contributed by atoms with Gasteiger partial charge in [-0.15, -0.1) is 0 Å². The number of rotatable bonds is 3. The van der Waals surface area contributed by atoms with E-state index in [0.29, 0.717) is 11.7 Å². The number of nitrogens with two attached hydrogens (primary N) is 1. The third-order valence-corrected chi connectivity index (χ3v) is 3.54. The Morgan fingerprint density at radius 2 is 2.22 bits per heavy atom. The van der Waals surface area contributed by atoms with E-state index in [4.69, 9.17) is 5.84 Å². The van der Waals surface area contributed by atoms with E-state index in [9.17, 15) is 0 Å². The van der Waals surface area contributed by atoms with E-state index in [1.807, 2.05) is 13.1 Å². The van der Waals surface area contributed by atoms with Gasteiger partial charge in [0.2, 0.25) is 0 Å². The summed E-state index contributed by atoms with van der Waals surface area (Å²) in [6, 6.07) is 0. The van der Waals surface area contributed by atoms with Gasteiger partial charge >= 0.3 is 0 Å². The van der Waals surface area contributed by atoms with Gasteiger partial charge in [0.1, 0.15) is 11.6 Å². The average molecular weight is 356 g/mol. The number of nitrogens with zero attached hydrogens (tertiary/aromatic N) is 4. The molecule has 3 N–H and O–H groups in total. The maximum absolute atomic E-state index is 5.52. The van der Waals surface area contributed by atoms with Gasteiger partial charge in [-0.1, -0.05) is 0 Å². The molecule has 1 fully saturated rings. The molecule has 0 unspecified atom stereocenters. The molecule has 0 bridgehead atoms. The fourth-order valence-corrected chi connectivity index (χ4v) is 2.21. The first-order chi connectivity index (χ1) is 8.69. The van der Waals surface area contributed by atoms with Crippen molar-refractivity contribution in [2.45, 2.75) is 25.7 Å². The van der Waals surface area contributed by atoms with Crippen molar-refractivity contribution in [2.24, 2.45) is 5.84 Å². The van der Waals surface area contributed by atoms with Gasteiger partial charge in [0.25, 0.3) is 0 Å². The van der Waals surface area contributed by atoms with E-state index < -0.39 is 0 Å². The van der Waals surface area contributed by atoms with Crippen LogP contribution in [0.3, 0.4) is 0 Å². The molecule has 18 heavy (non-hydrogen) atoms. The van der Waals surface area contributed by atoms with Gasteiger partial charge < -0.3 is 5.43 Å². The fraction of sp³-hybridized carbons (Fsp3) is 0.364. The van der Waals surface area contributed by atoms with Crippen LogP contribution < -0.4 is 11.3 Å². The molecule has 0 atom stereocenters. The molecule has 0 aliphatic heterocycles. The van der Waals surface area contributed by atoms with Crippen LogP contribution in [0.25, 0.3) is 5.82 Å². The number of aromatic nitrogens is 4. The van der Waals surface area contributed by atoms with Crippen molar-refractivity contribution in [3.05, 3.63) is 27.4 Å². The van der Waals surface area contributed by atoms with Crippen molar-refractivity contribution < 1.29 is 0 Å². The van der Waals surface area contributed by atoms with Crippen LogP contribution in [0.4, 0.5) is 5.82 Å². The zero-order valence-corrected chi connectivity index (χ0v) is 12.0. The highest BCUT2D eigenvalue weighted by molar-refractivity contribution is 14.1. The molecule has 94 valence electrons. The molecule has 6 nitrogen and oxygen atoms in total. The van der Waals surface area contributed by atoms with Crippen LogP contribution in [-0.4, -0.2) is 19.7 Å². The summed E-state index contributed by atoms with van der Waals surface area (Å²) in [4.78, 5) is 9.07. The van der Waals surface area contributed by atoms with Crippen molar-refractivity contribution in [3.63, 3.8) is 0 Å². The van der Waals surface area contributed by atoms with Gasteiger partial charge in [-0.05, 0) is 42.4 Å². The predicted molar refractivity (Wildman–Crippen MR) is 76.4 cm³/mol. The third-order valence-electron chi connectivity index (χ3n) is 2.98. The van der Waals surface area contributed by atoms with E-state index in [-0.39, 0.29) is 0 Å². The topological polar surface area (TPSA) is 81.6 Å². The Kier molecular flexibility index (Phi) is 2.94. The molecule has 1 saturated carbocycles. The molecule has 3 rings (SSSR count). The van der Waals surface area contributed by atoms with Crippen LogP contribution in [0.1, 0.15) is 30.1 Å². The lowest BCUT2D eigenvalue weighted by Crippen LogP contribution is -2.15. The third kappa shape index (κ3) is 2.07. The molecule has 0 amide bonds. The van der Waals surface area contributed by atoms with Crippen molar-refractivity contribution >= 4 is 28.4 Å². The highest BCUT2D eigenvalue weighted by atomic mass is 127. The minimum absolute atomic E-state index is 0.478. The van der Waals surface area contributed by atoms with Crippen LogP contribution in [0.5, 0.6) is 0 Å². The Hall–Kier alpha value is -1.22. The summed E-state index contributed by atoms with van der Waals surface area (Å²) in [7, 11) is 0. The Labute approximate surface area is 118 Å². The van der Waals surface area contributed by atoms with Crippen LogP contribution in [0.2, 0.25) is 0 Å². The van der Waals surface area contributed by atoms with Crippen molar-refractivity contribution in [2.75, 3.05) is 5.43 Å². The van der Waals surface area contributed by atoms with Gasteiger partial charge in [0, 0.05) is 17.7 Å². The summed E-state index contributed by atoms with van der Waals surface area (Å²) in [5.41, 5.74) is 3.55. The Morgan fingerprint density at radius 1 is 1.44 bits per heavy atom. The first-order valence-electron chi connectivity index (χ1n) is 5.74. The maximum atomic E-state index is 5.52. The summed E-state index contributed by atoms with van der Waals surface area (Å²) in [6.07, 6.45) is 6.05. The highest BCUT2D eigenvalue weighted by Gasteiger charge is 2.28. The minimum Gasteiger partial charge on any atom is -0.308 e. The Bertz CT molecular complexity index is 589. The molecule has 2 heterocycles. The van der Waals surface area contributed by atoms with Crippen LogP contribution >= 0.6 is 22.6 Å². The fourth-order valence-electron chi connectivity index (χ4n) is 1.83. The van der Waals surface area contributed by atoms with Crippen LogP contribution in [-0.2, 0) is 0 Å². The zero-order valence-electron chi connectivity index (χ0n) is 9.89. The predicted octanol–water partition coefficient (Wildman–Crippen LogP) is 1.74. The number of hydrazine groups is 1. The van der Waals surface area contributed by atoms with Gasteiger partial charge in [-0.2, -0.15) is 5.10 Å². The number of anilines is 1. The molecule has 7 heteroatoms. The lowest BCUT2D eigenvalue weighted by atomic mass is 10.3. The minimum atomic E-state index is 0.478. The number of nitrogen functional groups attached to an aromatic ring is 1. The second-order valence-electron chi connectivity index (χ2n) is 4.40. The number of hydrogen-bond acceptors (Lipinski definition) is 5. The van der Waals surface area contributed by atoms with E-state index in [2.05, 4.69) is 43.1 Å². The molecule has 0 spiro atoms. The van der Waals surface area contributed by atoms with E-state index in [1.165, 1.54) is 0 Å². The molecule has 0 radical (unpaired) electrons. The smallest absolute Gasteiger partial charge is 0.162 e. The Morgan fingerprint density at radius 3 is 2.78 bits per heavy atom. The largest absolute Gasteiger partial charge is 0.308 e. The maximum Gasteiger partial charge on any atom is 0.162 e. The highest BCUT2D eigenvalue weighted by Crippen LogP contribution is 2.39. The quantitative estimate of drug-likeness (QED) is 0.497. The second-order valence-corrected chi connectivity index (χ2v) is 5.65. The molecule has 1 aliphatic rings. The molecule has 2 aromatic heterocycles. The lowest BCUT2D eigenvalue weighted by molar-refractivity contribution is 0.800. The number of halogens is 1. The van der Waals surface area contributed by atoms with Gasteiger partial charge in [-0.25, -0.2) is 20.5 Å². The first kappa shape index (κ1) is 11.8. The zero-order chi connectivity index (χ0) is 12.7. The van der Waals surface area contributed by atoms with E-state index >= 15 is 0 Å². The average Bonchev–Trinajstić information content (AvgIpc) is 3.12. The summed E-state index contributed by atoms with van der Waals surface area (Å²) in [6.45, 7) is 1.94.